The van der Waals surface area contributed by atoms with Crippen molar-refractivity contribution in [3.63, 3.8) is 0 Å². The monoisotopic (exact) mass is 454 g/mol. The summed E-state index contributed by atoms with van der Waals surface area (Å²) in [4.78, 5) is 27.1. The molecule has 2 amide bonds. The highest BCUT2D eigenvalue weighted by Gasteiger charge is 2.32. The Morgan fingerprint density at radius 2 is 1.77 bits per heavy atom. The molecule has 1 aliphatic rings. The first-order chi connectivity index (χ1) is 14.7. The molecule has 1 aliphatic heterocycles. The molecule has 1 saturated heterocycles. The summed E-state index contributed by atoms with van der Waals surface area (Å²) in [5, 5.41) is 2.82. The van der Waals surface area contributed by atoms with Crippen LogP contribution >= 0.6 is 24.0 Å². The maximum absolute atomic E-state index is 12.8. The summed E-state index contributed by atoms with van der Waals surface area (Å²) >= 11 is 6.64. The number of benzene rings is 2. The lowest BCUT2D eigenvalue weighted by atomic mass is 9.87. The van der Waals surface area contributed by atoms with Crippen molar-refractivity contribution in [2.75, 3.05) is 19.0 Å². The molecule has 0 atom stereocenters. The van der Waals surface area contributed by atoms with E-state index in [4.69, 9.17) is 17.0 Å². The Bertz CT molecular complexity index is 1010. The lowest BCUT2D eigenvalue weighted by molar-refractivity contribution is -0.122. The van der Waals surface area contributed by atoms with Gasteiger partial charge in [0.1, 0.15) is 10.1 Å². The molecule has 0 radical (unpaired) electrons. The van der Waals surface area contributed by atoms with E-state index >= 15 is 0 Å². The summed E-state index contributed by atoms with van der Waals surface area (Å²) in [6.07, 6.45) is 2.01. The lowest BCUT2D eigenvalue weighted by Crippen LogP contribution is -2.31. The first-order valence-electron chi connectivity index (χ1n) is 9.97. The van der Waals surface area contributed by atoms with Crippen LogP contribution in [-0.2, 0) is 15.0 Å². The van der Waals surface area contributed by atoms with Crippen molar-refractivity contribution in [2.24, 2.45) is 0 Å². The van der Waals surface area contributed by atoms with Gasteiger partial charge in [-0.1, -0.05) is 69.0 Å². The molecule has 31 heavy (non-hydrogen) atoms. The van der Waals surface area contributed by atoms with Crippen LogP contribution in [0, 0.1) is 0 Å². The standard InChI is InChI=1S/C24H26N2O3S2/c1-24(2,3)17-7-5-16(6-8-17)15-20-22(28)26(23(30)31-20)14-13-21(27)25-18-9-11-19(29-4)12-10-18/h5-12,15H,13-14H2,1-4H3,(H,25,27)/b20-15-. The molecule has 2 aromatic rings. The van der Waals surface area contributed by atoms with Crippen LogP contribution in [0.3, 0.4) is 0 Å². The van der Waals surface area contributed by atoms with Gasteiger partial charge in [0.2, 0.25) is 5.91 Å². The number of methoxy groups -OCH3 is 1. The van der Waals surface area contributed by atoms with Crippen LogP contribution < -0.4 is 10.1 Å². The molecule has 0 bridgehead atoms. The highest BCUT2D eigenvalue weighted by atomic mass is 32.2. The van der Waals surface area contributed by atoms with Crippen molar-refractivity contribution in [3.05, 3.63) is 64.6 Å². The quantitative estimate of drug-likeness (QED) is 0.479. The van der Waals surface area contributed by atoms with Crippen LogP contribution in [0.5, 0.6) is 5.75 Å². The zero-order valence-electron chi connectivity index (χ0n) is 18.1. The average Bonchev–Trinajstić information content (AvgIpc) is 2.99. The van der Waals surface area contributed by atoms with Crippen molar-refractivity contribution in [3.8, 4) is 5.75 Å². The molecule has 5 nitrogen and oxygen atoms in total. The Kier molecular flexibility index (Phi) is 7.18. The number of carbonyl (C=O) groups is 2. The molecule has 1 N–H and O–H groups in total. The normalized spacial score (nSPS) is 15.5. The van der Waals surface area contributed by atoms with Crippen molar-refractivity contribution in [1.82, 2.24) is 4.90 Å². The van der Waals surface area contributed by atoms with Crippen molar-refractivity contribution < 1.29 is 14.3 Å². The first-order valence-corrected chi connectivity index (χ1v) is 11.2. The van der Waals surface area contributed by atoms with E-state index in [1.807, 2.05) is 18.2 Å². The van der Waals surface area contributed by atoms with Crippen molar-refractivity contribution >= 4 is 51.9 Å². The van der Waals surface area contributed by atoms with E-state index in [1.54, 1.807) is 31.4 Å². The third kappa shape index (κ3) is 5.95. The van der Waals surface area contributed by atoms with Crippen LogP contribution in [0.1, 0.15) is 38.3 Å². The van der Waals surface area contributed by atoms with E-state index in [1.165, 1.54) is 22.2 Å². The Labute approximate surface area is 192 Å². The van der Waals surface area contributed by atoms with E-state index in [0.29, 0.717) is 14.9 Å². The molecule has 162 valence electrons. The van der Waals surface area contributed by atoms with Gasteiger partial charge in [0.05, 0.1) is 12.0 Å². The predicted octanol–water partition coefficient (Wildman–Crippen LogP) is 5.22. The minimum absolute atomic E-state index is 0.0777. The fourth-order valence-electron chi connectivity index (χ4n) is 3.03. The minimum atomic E-state index is -0.180. The number of thiocarbonyl (C=S) groups is 1. The number of carbonyl (C=O) groups excluding carboxylic acids is 2. The Hall–Kier alpha value is -2.64. The molecule has 1 heterocycles. The largest absolute Gasteiger partial charge is 0.497 e. The number of amides is 2. The topological polar surface area (TPSA) is 58.6 Å². The number of anilines is 1. The maximum Gasteiger partial charge on any atom is 0.266 e. The van der Waals surface area contributed by atoms with Gasteiger partial charge in [0.25, 0.3) is 5.91 Å². The van der Waals surface area contributed by atoms with Gasteiger partial charge in [-0.15, -0.1) is 0 Å². The molecule has 0 saturated carbocycles. The van der Waals surface area contributed by atoms with Gasteiger partial charge in [-0.05, 0) is 46.9 Å². The highest BCUT2D eigenvalue weighted by molar-refractivity contribution is 8.26. The predicted molar refractivity (Wildman–Crippen MR) is 131 cm³/mol. The van der Waals surface area contributed by atoms with Crippen LogP contribution in [0.4, 0.5) is 5.69 Å². The maximum atomic E-state index is 12.8. The minimum Gasteiger partial charge on any atom is -0.497 e. The van der Waals surface area contributed by atoms with Crippen LogP contribution in [0.2, 0.25) is 0 Å². The molecular formula is C24H26N2O3S2. The fraction of sp³-hybridized carbons (Fsp3) is 0.292. The smallest absolute Gasteiger partial charge is 0.266 e. The van der Waals surface area contributed by atoms with Gasteiger partial charge in [0, 0.05) is 18.7 Å². The highest BCUT2D eigenvalue weighted by Crippen LogP contribution is 2.33. The molecule has 7 heteroatoms. The second-order valence-electron chi connectivity index (χ2n) is 8.23. The number of nitrogens with zero attached hydrogens (tertiary/aromatic N) is 1. The molecule has 1 fully saturated rings. The summed E-state index contributed by atoms with van der Waals surface area (Å²) < 4.78 is 5.58. The fourth-order valence-corrected chi connectivity index (χ4v) is 4.34. The summed E-state index contributed by atoms with van der Waals surface area (Å²) in [6.45, 7) is 6.74. The van der Waals surface area contributed by atoms with Gasteiger partial charge in [-0.2, -0.15) is 0 Å². The Morgan fingerprint density at radius 3 is 2.35 bits per heavy atom. The molecule has 2 aromatic carbocycles. The molecule has 0 spiro atoms. The second-order valence-corrected chi connectivity index (χ2v) is 9.91. The second kappa shape index (κ2) is 9.66. The van der Waals surface area contributed by atoms with Gasteiger partial charge in [-0.3, -0.25) is 14.5 Å². The zero-order valence-corrected chi connectivity index (χ0v) is 19.7. The van der Waals surface area contributed by atoms with E-state index in [2.05, 4.69) is 38.2 Å². The molecule has 0 unspecified atom stereocenters. The number of thioether (sulfide) groups is 1. The molecule has 0 aliphatic carbocycles. The summed E-state index contributed by atoms with van der Waals surface area (Å²) in [6, 6.07) is 15.3. The van der Waals surface area contributed by atoms with E-state index < -0.39 is 0 Å². The molecular weight excluding hydrogens is 428 g/mol. The Balaban J connectivity index is 1.59. The average molecular weight is 455 g/mol. The van der Waals surface area contributed by atoms with Gasteiger partial charge in [-0.25, -0.2) is 0 Å². The van der Waals surface area contributed by atoms with Gasteiger partial charge < -0.3 is 10.1 Å². The first kappa shape index (κ1) is 23.0. The number of hydrogen-bond donors (Lipinski definition) is 1. The van der Waals surface area contributed by atoms with Crippen LogP contribution in [0.15, 0.2) is 53.4 Å². The van der Waals surface area contributed by atoms with Gasteiger partial charge >= 0.3 is 0 Å². The molecule has 3 rings (SSSR count). The van der Waals surface area contributed by atoms with E-state index in [9.17, 15) is 9.59 Å². The zero-order chi connectivity index (χ0) is 22.6. The summed E-state index contributed by atoms with van der Waals surface area (Å²) in [7, 11) is 1.59. The number of rotatable bonds is 6. The summed E-state index contributed by atoms with van der Waals surface area (Å²) in [5.74, 6) is 0.378. The third-order valence-electron chi connectivity index (χ3n) is 4.88. The van der Waals surface area contributed by atoms with Crippen LogP contribution in [0.25, 0.3) is 6.08 Å². The summed E-state index contributed by atoms with van der Waals surface area (Å²) in [5.41, 5.74) is 2.94. The van der Waals surface area contributed by atoms with E-state index in [-0.39, 0.29) is 30.2 Å². The van der Waals surface area contributed by atoms with Gasteiger partial charge in [0.15, 0.2) is 0 Å². The lowest BCUT2D eigenvalue weighted by Gasteiger charge is -2.18. The van der Waals surface area contributed by atoms with E-state index in [0.717, 1.165) is 11.3 Å². The number of nitrogens with one attached hydrogen (secondary N) is 1. The van der Waals surface area contributed by atoms with Crippen molar-refractivity contribution in [2.45, 2.75) is 32.6 Å². The van der Waals surface area contributed by atoms with Crippen LogP contribution in [-0.4, -0.2) is 34.7 Å². The Morgan fingerprint density at radius 1 is 1.13 bits per heavy atom. The molecule has 0 aromatic heterocycles. The SMILES string of the molecule is COc1ccc(NC(=O)CCN2C(=O)/C(=C/c3ccc(C(C)(C)C)cc3)SC2=S)cc1. The number of hydrogen-bond acceptors (Lipinski definition) is 5. The third-order valence-corrected chi connectivity index (χ3v) is 6.26. The number of ether oxygens (including phenoxy) is 1. The van der Waals surface area contributed by atoms with Crippen molar-refractivity contribution in [1.29, 1.82) is 0 Å².